The minimum atomic E-state index is -0.329. The van der Waals surface area contributed by atoms with Gasteiger partial charge in [0.15, 0.2) is 5.13 Å². The molecule has 0 radical (unpaired) electrons. The zero-order valence-corrected chi connectivity index (χ0v) is 17.3. The van der Waals surface area contributed by atoms with Gasteiger partial charge in [0.2, 0.25) is 11.0 Å². The predicted octanol–water partition coefficient (Wildman–Crippen LogP) is 3.25. The number of hydrogen-bond donors (Lipinski definition) is 1. The lowest BCUT2D eigenvalue weighted by atomic mass is 10.2. The van der Waals surface area contributed by atoms with Crippen molar-refractivity contribution in [2.75, 3.05) is 17.3 Å². The molecule has 0 saturated carbocycles. The topological polar surface area (TPSA) is 97.3 Å². The van der Waals surface area contributed by atoms with Crippen LogP contribution in [0.2, 0.25) is 0 Å². The fourth-order valence-corrected chi connectivity index (χ4v) is 4.14. The summed E-state index contributed by atoms with van der Waals surface area (Å²) in [5.41, 5.74) is 1.54. The number of hydrogen-bond acceptors (Lipinski definition) is 8. The molecule has 146 valence electrons. The van der Waals surface area contributed by atoms with Gasteiger partial charge in [0, 0.05) is 14.0 Å². The molecule has 0 fully saturated rings. The van der Waals surface area contributed by atoms with Crippen LogP contribution in [-0.2, 0) is 22.7 Å². The maximum atomic E-state index is 12.6. The molecule has 1 N–H and O–H groups in total. The Labute approximate surface area is 170 Å². The van der Waals surface area contributed by atoms with Crippen LogP contribution in [-0.4, -0.2) is 34.1 Å². The summed E-state index contributed by atoms with van der Waals surface area (Å²) in [6.45, 7) is 3.95. The summed E-state index contributed by atoms with van der Waals surface area (Å²) in [6, 6.07) is 9.64. The monoisotopic (exact) mass is 417 g/mol. The van der Waals surface area contributed by atoms with E-state index >= 15 is 0 Å². The number of aryl methyl sites for hydroxylation is 1. The summed E-state index contributed by atoms with van der Waals surface area (Å²) in [7, 11) is 1.57. The van der Waals surface area contributed by atoms with Crippen LogP contribution in [0.3, 0.4) is 0 Å². The van der Waals surface area contributed by atoms with Crippen molar-refractivity contribution in [1.29, 1.82) is 0 Å². The van der Waals surface area contributed by atoms with Gasteiger partial charge < -0.3 is 4.74 Å². The van der Waals surface area contributed by atoms with Crippen molar-refractivity contribution < 1.29 is 14.3 Å². The summed E-state index contributed by atoms with van der Waals surface area (Å²) >= 11 is 2.42. The fourth-order valence-electron chi connectivity index (χ4n) is 2.43. The molecule has 28 heavy (non-hydrogen) atoms. The number of amides is 2. The van der Waals surface area contributed by atoms with Gasteiger partial charge in [-0.3, -0.25) is 19.8 Å². The van der Waals surface area contributed by atoms with Crippen molar-refractivity contribution in [1.82, 2.24) is 15.2 Å². The summed E-state index contributed by atoms with van der Waals surface area (Å²) in [5, 5.41) is 12.1. The first kappa shape index (κ1) is 20.1. The van der Waals surface area contributed by atoms with Gasteiger partial charge in [-0.25, -0.2) is 4.98 Å². The number of rotatable bonds is 7. The van der Waals surface area contributed by atoms with Gasteiger partial charge >= 0.3 is 0 Å². The van der Waals surface area contributed by atoms with Crippen LogP contribution < -0.4 is 10.2 Å². The minimum Gasteiger partial charge on any atom is -0.377 e. The Balaban J connectivity index is 1.78. The Morgan fingerprint density at radius 3 is 2.61 bits per heavy atom. The zero-order valence-electron chi connectivity index (χ0n) is 15.6. The number of nitrogens with zero attached hydrogens (tertiary/aromatic N) is 4. The number of benzene rings is 1. The first-order chi connectivity index (χ1) is 13.5. The number of nitrogens with one attached hydrogen (secondary N) is 1. The molecule has 8 nitrogen and oxygen atoms in total. The number of carbonyl (C=O) groups is 2. The molecule has 0 spiro atoms. The van der Waals surface area contributed by atoms with E-state index in [0.717, 1.165) is 5.56 Å². The van der Waals surface area contributed by atoms with Crippen molar-refractivity contribution in [2.45, 2.75) is 27.0 Å². The Kier molecular flexibility index (Phi) is 6.45. The van der Waals surface area contributed by atoms with Crippen LogP contribution in [0.15, 0.2) is 30.3 Å². The van der Waals surface area contributed by atoms with Crippen LogP contribution in [0.4, 0.5) is 10.3 Å². The summed E-state index contributed by atoms with van der Waals surface area (Å²) in [6.07, 6.45) is 0. The molecule has 3 rings (SSSR count). The molecule has 2 heterocycles. The average Bonchev–Trinajstić information content (AvgIpc) is 3.27. The fraction of sp³-hybridized carbons (Fsp3) is 0.278. The highest BCUT2D eigenvalue weighted by Crippen LogP contribution is 2.28. The standard InChI is InChI=1S/C18H19N5O3S2/c1-11-15(16(25)20-17-22-21-14(27-17)10-26-3)28-18(19-11)23(12(2)24)9-13-7-5-4-6-8-13/h4-8H,9-10H2,1-3H3,(H,20,22,25). The molecular formula is C18H19N5O3S2. The largest absolute Gasteiger partial charge is 0.377 e. The van der Waals surface area contributed by atoms with Crippen molar-refractivity contribution in [3.05, 3.63) is 51.5 Å². The minimum absolute atomic E-state index is 0.141. The Bertz CT molecular complexity index is 971. The van der Waals surface area contributed by atoms with Crippen molar-refractivity contribution >= 4 is 44.8 Å². The lowest BCUT2D eigenvalue weighted by Crippen LogP contribution is -2.27. The highest BCUT2D eigenvalue weighted by molar-refractivity contribution is 7.18. The molecule has 1 aromatic carbocycles. The lowest BCUT2D eigenvalue weighted by molar-refractivity contribution is -0.116. The number of thiazole rings is 1. The second-order valence-electron chi connectivity index (χ2n) is 5.89. The third-order valence-corrected chi connectivity index (χ3v) is 5.73. The van der Waals surface area contributed by atoms with Gasteiger partial charge in [-0.05, 0) is 12.5 Å². The first-order valence-electron chi connectivity index (χ1n) is 8.40. The molecule has 0 saturated heterocycles. The van der Waals surface area contributed by atoms with E-state index in [-0.39, 0.29) is 11.8 Å². The molecule has 3 aromatic rings. The van der Waals surface area contributed by atoms with Crippen LogP contribution in [0.5, 0.6) is 0 Å². The molecule has 0 unspecified atom stereocenters. The third kappa shape index (κ3) is 4.77. The molecule has 10 heteroatoms. The van der Waals surface area contributed by atoms with E-state index in [1.54, 1.807) is 18.9 Å². The third-order valence-electron chi connectivity index (χ3n) is 3.74. The summed E-state index contributed by atoms with van der Waals surface area (Å²) in [5.74, 6) is -0.470. The predicted molar refractivity (Wildman–Crippen MR) is 109 cm³/mol. The summed E-state index contributed by atoms with van der Waals surface area (Å²) in [4.78, 5) is 31.2. The van der Waals surface area contributed by atoms with E-state index in [1.165, 1.54) is 29.6 Å². The van der Waals surface area contributed by atoms with E-state index in [4.69, 9.17) is 4.74 Å². The van der Waals surface area contributed by atoms with E-state index in [2.05, 4.69) is 20.5 Å². The van der Waals surface area contributed by atoms with E-state index in [0.29, 0.717) is 39.0 Å². The average molecular weight is 418 g/mol. The van der Waals surface area contributed by atoms with Gasteiger partial charge in [-0.1, -0.05) is 53.0 Å². The second kappa shape index (κ2) is 9.00. The molecule has 0 aliphatic carbocycles. The van der Waals surface area contributed by atoms with Gasteiger partial charge in [0.25, 0.3) is 5.91 Å². The smallest absolute Gasteiger partial charge is 0.269 e. The molecule has 2 aromatic heterocycles. The van der Waals surface area contributed by atoms with Gasteiger partial charge in [-0.15, -0.1) is 10.2 Å². The quantitative estimate of drug-likeness (QED) is 0.634. The first-order valence-corrected chi connectivity index (χ1v) is 10.0. The van der Waals surface area contributed by atoms with Crippen molar-refractivity contribution in [2.24, 2.45) is 0 Å². The summed E-state index contributed by atoms with van der Waals surface area (Å²) < 4.78 is 5.00. The SMILES string of the molecule is COCc1nnc(NC(=O)c2sc(N(Cc3ccccc3)C(C)=O)nc2C)s1. The normalized spacial score (nSPS) is 10.7. The Morgan fingerprint density at radius 1 is 1.18 bits per heavy atom. The maximum Gasteiger partial charge on any atom is 0.269 e. The van der Waals surface area contributed by atoms with Crippen molar-refractivity contribution in [3.8, 4) is 0 Å². The highest BCUT2D eigenvalue weighted by atomic mass is 32.1. The molecular weight excluding hydrogens is 398 g/mol. The molecule has 0 aliphatic rings. The molecule has 0 bridgehead atoms. The van der Waals surface area contributed by atoms with Gasteiger partial charge in [0.05, 0.1) is 12.2 Å². The van der Waals surface area contributed by atoms with Crippen molar-refractivity contribution in [3.63, 3.8) is 0 Å². The molecule has 0 aliphatic heterocycles. The van der Waals surface area contributed by atoms with Gasteiger partial charge in [-0.2, -0.15) is 0 Å². The zero-order chi connectivity index (χ0) is 20.1. The number of carbonyl (C=O) groups excluding carboxylic acids is 2. The van der Waals surface area contributed by atoms with E-state index in [9.17, 15) is 9.59 Å². The van der Waals surface area contributed by atoms with Crippen LogP contribution >= 0.6 is 22.7 Å². The number of methoxy groups -OCH3 is 1. The lowest BCUT2D eigenvalue weighted by Gasteiger charge is -2.17. The van der Waals surface area contributed by atoms with Crippen LogP contribution in [0.1, 0.15) is 32.9 Å². The number of aromatic nitrogens is 3. The van der Waals surface area contributed by atoms with Crippen LogP contribution in [0, 0.1) is 6.92 Å². The number of anilines is 2. The van der Waals surface area contributed by atoms with Crippen LogP contribution in [0.25, 0.3) is 0 Å². The van der Waals surface area contributed by atoms with E-state index < -0.39 is 0 Å². The van der Waals surface area contributed by atoms with Gasteiger partial charge in [0.1, 0.15) is 16.5 Å². The Hall–Kier alpha value is -2.69. The van der Waals surface area contributed by atoms with E-state index in [1.807, 2.05) is 30.3 Å². The Morgan fingerprint density at radius 2 is 1.93 bits per heavy atom. The molecule has 0 atom stereocenters. The highest BCUT2D eigenvalue weighted by Gasteiger charge is 2.22. The number of ether oxygens (including phenoxy) is 1. The molecule has 2 amide bonds. The maximum absolute atomic E-state index is 12.6. The second-order valence-corrected chi connectivity index (χ2v) is 7.93.